The van der Waals surface area contributed by atoms with Crippen LogP contribution in [0, 0.1) is 0 Å². The lowest BCUT2D eigenvalue weighted by Crippen LogP contribution is -2.45. The second kappa shape index (κ2) is 20.1. The molecule has 2 amide bonds. The van der Waals surface area contributed by atoms with Gasteiger partial charge in [-0.15, -0.1) is 12.4 Å². The van der Waals surface area contributed by atoms with E-state index in [1.165, 1.54) is 0 Å². The molecular weight excluding hydrogens is 493 g/mol. The predicted molar refractivity (Wildman–Crippen MR) is 155 cm³/mol. The average Bonchev–Trinajstić information content (AvgIpc) is 2.78. The van der Waals surface area contributed by atoms with Crippen molar-refractivity contribution >= 4 is 38.3 Å². The van der Waals surface area contributed by atoms with Crippen LogP contribution in [0.1, 0.15) is 90.9 Å². The summed E-state index contributed by atoms with van der Waals surface area (Å²) in [7, 11) is -0.813. The lowest BCUT2D eigenvalue weighted by Gasteiger charge is -2.29. The van der Waals surface area contributed by atoms with Gasteiger partial charge in [-0.2, -0.15) is 0 Å². The fraction of sp³-hybridized carbons (Fsp3) is 0.917. The Hall–Kier alpha value is -0.880. The maximum atomic E-state index is 10.8. The molecule has 37 heavy (non-hydrogen) atoms. The van der Waals surface area contributed by atoms with Crippen molar-refractivity contribution in [3.8, 4) is 0 Å². The monoisotopic (exact) mass is 546 g/mol. The van der Waals surface area contributed by atoms with Crippen molar-refractivity contribution in [2.75, 3.05) is 0 Å². The van der Waals surface area contributed by atoms with Crippen LogP contribution in [0.15, 0.2) is 0 Å². The summed E-state index contributed by atoms with van der Waals surface area (Å²) in [6, 6.07) is 2.35. The minimum Gasteiger partial charge on any atom is -0.437 e. The van der Waals surface area contributed by atoms with Crippen molar-refractivity contribution in [1.29, 1.82) is 0 Å². The summed E-state index contributed by atoms with van der Waals surface area (Å²) < 4.78 is 0. The van der Waals surface area contributed by atoms with Gasteiger partial charge >= 0.3 is 14.1 Å². The molecule has 0 aromatic carbocycles. The minimum absolute atomic E-state index is 0. The van der Waals surface area contributed by atoms with Gasteiger partial charge in [0, 0.05) is 38.0 Å². The zero-order valence-electron chi connectivity index (χ0n) is 23.4. The number of nitrogens with one attached hydrogen (secondary N) is 4. The SMILES string of the molecule is CB(O)NC1CCC(N)CC1.CB(O)NC1CCC(NC(C)=O)CC1.CC(=O)NC1CCC(N)CC1.Cl. The van der Waals surface area contributed by atoms with Crippen molar-refractivity contribution in [3.05, 3.63) is 0 Å². The van der Waals surface area contributed by atoms with Gasteiger partial charge < -0.3 is 42.6 Å². The largest absolute Gasteiger partial charge is 0.437 e. The van der Waals surface area contributed by atoms with E-state index in [2.05, 4.69) is 21.1 Å². The standard InChI is InChI=1S/C9H19BN2O2.C8H16N2O.C7H17BN2O.ClH/c1-7(13)11-8-3-5-9(6-4-8)12-10(2)14;1-6(11)10-8-4-2-7(9)3-5-8;1-8(11)10-7-4-2-6(9)3-5-7;/h8-9,12,14H,3-6H2,1-2H3,(H,11,13);7-8H,2-5,9H2,1H3,(H,10,11);6-7,10-11H,2-5,9H2,1H3;1H. The van der Waals surface area contributed by atoms with Crippen LogP contribution in [0.4, 0.5) is 0 Å². The molecule has 0 heterocycles. The highest BCUT2D eigenvalue weighted by molar-refractivity contribution is 6.45. The van der Waals surface area contributed by atoms with Crippen molar-refractivity contribution in [2.45, 2.75) is 141 Å². The molecular formula is C24H53B2ClN6O4. The number of halogens is 1. The summed E-state index contributed by atoms with van der Waals surface area (Å²) in [6.45, 7) is 6.61. The molecule has 3 rings (SSSR count). The van der Waals surface area contributed by atoms with Crippen LogP contribution >= 0.6 is 12.4 Å². The van der Waals surface area contributed by atoms with Gasteiger partial charge in [-0.1, -0.05) is 0 Å². The smallest absolute Gasteiger partial charge is 0.373 e. The molecule has 0 aromatic rings. The first-order chi connectivity index (χ1) is 16.9. The molecule has 13 heteroatoms. The van der Waals surface area contributed by atoms with Gasteiger partial charge in [0.15, 0.2) is 0 Å². The first-order valence-corrected chi connectivity index (χ1v) is 13.9. The van der Waals surface area contributed by atoms with E-state index in [1.54, 1.807) is 27.5 Å². The fourth-order valence-electron chi connectivity index (χ4n) is 5.21. The number of rotatable bonds is 6. The van der Waals surface area contributed by atoms with E-state index in [0.29, 0.717) is 36.3 Å². The molecule has 0 spiro atoms. The van der Waals surface area contributed by atoms with Crippen molar-refractivity contribution < 1.29 is 19.6 Å². The van der Waals surface area contributed by atoms with Gasteiger partial charge in [-0.25, -0.2) is 0 Å². The zero-order valence-corrected chi connectivity index (χ0v) is 24.2. The Labute approximate surface area is 231 Å². The highest BCUT2D eigenvalue weighted by atomic mass is 35.5. The van der Waals surface area contributed by atoms with Crippen molar-refractivity contribution in [2.24, 2.45) is 11.5 Å². The summed E-state index contributed by atoms with van der Waals surface area (Å²) >= 11 is 0. The van der Waals surface area contributed by atoms with E-state index in [4.69, 9.17) is 21.5 Å². The van der Waals surface area contributed by atoms with E-state index in [0.717, 1.165) is 77.0 Å². The Balaban J connectivity index is 0.000000524. The topological polar surface area (TPSA) is 175 Å². The lowest BCUT2D eigenvalue weighted by molar-refractivity contribution is -0.120. The van der Waals surface area contributed by atoms with Crippen LogP contribution in [0.5, 0.6) is 0 Å². The quantitative estimate of drug-likeness (QED) is 0.227. The molecule has 3 aliphatic carbocycles. The van der Waals surface area contributed by atoms with Gasteiger partial charge in [0.2, 0.25) is 11.8 Å². The summed E-state index contributed by atoms with van der Waals surface area (Å²) in [6.07, 6.45) is 12.6. The molecule has 0 aliphatic heterocycles. The first-order valence-electron chi connectivity index (χ1n) is 13.9. The number of hydrogen-bond donors (Lipinski definition) is 8. The molecule has 0 radical (unpaired) electrons. The van der Waals surface area contributed by atoms with Crippen LogP contribution in [0.2, 0.25) is 13.6 Å². The Morgan fingerprint density at radius 3 is 1.11 bits per heavy atom. The van der Waals surface area contributed by atoms with Crippen molar-refractivity contribution in [1.82, 2.24) is 21.1 Å². The highest BCUT2D eigenvalue weighted by Crippen LogP contribution is 2.19. The second-order valence-electron chi connectivity index (χ2n) is 10.9. The fourth-order valence-corrected chi connectivity index (χ4v) is 5.21. The molecule has 0 unspecified atom stereocenters. The molecule has 0 saturated heterocycles. The Kier molecular flexibility index (Phi) is 19.6. The molecule has 0 aromatic heterocycles. The highest BCUT2D eigenvalue weighted by Gasteiger charge is 2.23. The van der Waals surface area contributed by atoms with Crippen LogP contribution in [0.3, 0.4) is 0 Å². The van der Waals surface area contributed by atoms with Gasteiger partial charge in [-0.3, -0.25) is 9.59 Å². The normalized spacial score (nSPS) is 29.1. The average molecular weight is 547 g/mol. The molecule has 216 valence electrons. The van der Waals surface area contributed by atoms with Crippen LogP contribution in [-0.4, -0.2) is 72.2 Å². The van der Waals surface area contributed by atoms with Gasteiger partial charge in [0.05, 0.1) is 0 Å². The number of nitrogens with two attached hydrogens (primary N) is 2. The second-order valence-corrected chi connectivity index (χ2v) is 10.9. The number of carbonyl (C=O) groups excluding carboxylic acids is 2. The van der Waals surface area contributed by atoms with E-state index in [9.17, 15) is 9.59 Å². The Morgan fingerprint density at radius 1 is 0.595 bits per heavy atom. The van der Waals surface area contributed by atoms with Gasteiger partial charge in [0.1, 0.15) is 0 Å². The number of carbonyl (C=O) groups is 2. The van der Waals surface area contributed by atoms with E-state index < -0.39 is 7.05 Å². The van der Waals surface area contributed by atoms with Gasteiger partial charge in [0.25, 0.3) is 0 Å². The van der Waals surface area contributed by atoms with Crippen LogP contribution in [0.25, 0.3) is 0 Å². The van der Waals surface area contributed by atoms with Crippen LogP contribution < -0.4 is 32.6 Å². The molecule has 0 atom stereocenters. The predicted octanol–water partition coefficient (Wildman–Crippen LogP) is 0.904. The van der Waals surface area contributed by atoms with Crippen molar-refractivity contribution in [3.63, 3.8) is 0 Å². The third-order valence-electron chi connectivity index (χ3n) is 7.04. The summed E-state index contributed by atoms with van der Waals surface area (Å²) in [5, 5.41) is 30.2. The minimum atomic E-state index is -0.433. The van der Waals surface area contributed by atoms with E-state index >= 15 is 0 Å². The summed E-state index contributed by atoms with van der Waals surface area (Å²) in [4.78, 5) is 21.5. The molecule has 10 N–H and O–H groups in total. The summed E-state index contributed by atoms with van der Waals surface area (Å²) in [5.74, 6) is 0.127. The third-order valence-corrected chi connectivity index (χ3v) is 7.04. The summed E-state index contributed by atoms with van der Waals surface area (Å²) in [5.41, 5.74) is 11.5. The molecule has 3 aliphatic rings. The molecule has 3 saturated carbocycles. The first kappa shape index (κ1) is 36.1. The maximum Gasteiger partial charge on any atom is 0.373 e. The Bertz CT molecular complexity index is 614. The third kappa shape index (κ3) is 18.9. The number of amides is 2. The molecule has 0 bridgehead atoms. The van der Waals surface area contributed by atoms with E-state index in [1.807, 2.05) is 0 Å². The molecule has 3 fully saturated rings. The maximum absolute atomic E-state index is 10.8. The van der Waals surface area contributed by atoms with Gasteiger partial charge in [-0.05, 0) is 103 Å². The van der Waals surface area contributed by atoms with Crippen LogP contribution in [-0.2, 0) is 9.59 Å². The van der Waals surface area contributed by atoms with E-state index in [-0.39, 0.29) is 31.3 Å². The Morgan fingerprint density at radius 2 is 0.838 bits per heavy atom. The zero-order chi connectivity index (χ0) is 27.1. The number of hydrogen-bond acceptors (Lipinski definition) is 8. The lowest BCUT2D eigenvalue weighted by atomic mass is 9.82. The molecule has 10 nitrogen and oxygen atoms in total.